The number of rotatable bonds is 3. The van der Waals surface area contributed by atoms with Crippen LogP contribution < -0.4 is 0 Å². The minimum absolute atomic E-state index is 0.401. The third kappa shape index (κ3) is 13.2. The molecule has 0 heterocycles. The van der Waals surface area contributed by atoms with Crippen LogP contribution in [0.1, 0.15) is 6.92 Å². The van der Waals surface area contributed by atoms with Crippen molar-refractivity contribution in [2.45, 2.75) is 6.92 Å². The zero-order valence-corrected chi connectivity index (χ0v) is 8.25. The van der Waals surface area contributed by atoms with Crippen LogP contribution >= 0.6 is 0 Å². The van der Waals surface area contributed by atoms with Gasteiger partial charge in [0.25, 0.3) is 0 Å². The number of hydrogen-bond acceptors (Lipinski definition) is 4. The van der Waals surface area contributed by atoms with Gasteiger partial charge in [-0.25, -0.2) is 0 Å². The molecule has 0 fully saturated rings. The Labute approximate surface area is 83.4 Å². The smallest absolute Gasteiger partial charge is 0.423 e. The summed E-state index contributed by atoms with van der Waals surface area (Å²) >= 11 is 0. The first-order chi connectivity index (χ1) is 6.45. The van der Waals surface area contributed by atoms with E-state index in [-0.39, 0.29) is 0 Å². The van der Waals surface area contributed by atoms with Gasteiger partial charge in [0.15, 0.2) is 7.05 Å². The van der Waals surface area contributed by atoms with E-state index in [4.69, 9.17) is 20.2 Å². The van der Waals surface area contributed by atoms with Gasteiger partial charge in [0, 0.05) is 4.92 Å². The van der Waals surface area contributed by atoms with Crippen LogP contribution in [0.2, 0.25) is 0 Å². The molecule has 6 heteroatoms. The Hall–Kier alpha value is -1.40. The maximum absolute atomic E-state index is 8.81. The van der Waals surface area contributed by atoms with Crippen molar-refractivity contribution >= 4 is 7.12 Å². The predicted octanol–water partition coefficient (Wildman–Crippen LogP) is 0.580. The summed E-state index contributed by atoms with van der Waals surface area (Å²) in [5, 5.41) is 26.0. The first-order valence-electron chi connectivity index (χ1n) is 3.85. The van der Waals surface area contributed by atoms with Crippen LogP contribution in [0.15, 0.2) is 36.4 Å². The first kappa shape index (κ1) is 15.1. The van der Waals surface area contributed by atoms with E-state index in [0.29, 0.717) is 5.47 Å². The highest BCUT2D eigenvalue weighted by Crippen LogP contribution is 1.96. The third-order valence-electron chi connectivity index (χ3n) is 1.01. The van der Waals surface area contributed by atoms with Crippen molar-refractivity contribution in [3.8, 4) is 0 Å². The molecule has 0 bridgehead atoms. The summed E-state index contributed by atoms with van der Waals surface area (Å²) in [5.74, 6) is 0. The summed E-state index contributed by atoms with van der Waals surface area (Å²) in [6.07, 6.45) is 6.52. The number of hydrogen-bond donors (Lipinski definition) is 2. The first-order valence-corrected chi connectivity index (χ1v) is 3.85. The molecule has 0 aliphatic carbocycles. The molecule has 14 heavy (non-hydrogen) atoms. The van der Waals surface area contributed by atoms with Gasteiger partial charge < -0.3 is 10.0 Å². The molecule has 2 N–H and O–H groups in total. The Morgan fingerprint density at radius 1 is 1.57 bits per heavy atom. The lowest BCUT2D eigenvalue weighted by atomic mass is 9.79. The van der Waals surface area contributed by atoms with Gasteiger partial charge in [0.05, 0.1) is 0 Å². The van der Waals surface area contributed by atoms with Gasteiger partial charge >= 0.3 is 7.12 Å². The van der Waals surface area contributed by atoms with Crippen LogP contribution in [0, 0.1) is 10.1 Å². The van der Waals surface area contributed by atoms with Crippen LogP contribution in [0.4, 0.5) is 0 Å². The average molecular weight is 199 g/mol. The molecule has 5 nitrogen and oxygen atoms in total. The molecule has 0 aliphatic heterocycles. The molecule has 0 radical (unpaired) electrons. The second kappa shape index (κ2) is 9.69. The van der Waals surface area contributed by atoms with Crippen LogP contribution in [0.5, 0.6) is 0 Å². The van der Waals surface area contributed by atoms with E-state index in [0.717, 1.165) is 7.05 Å². The SMILES string of the molecule is C=C/C(=C\C=C/C)B(O)O.C[N+](=O)[O-]. The summed E-state index contributed by atoms with van der Waals surface area (Å²) in [4.78, 5) is 8.31. The summed E-state index contributed by atoms with van der Waals surface area (Å²) in [5.41, 5.74) is 0.401. The average Bonchev–Trinajstić information content (AvgIpc) is 2.04. The van der Waals surface area contributed by atoms with E-state index >= 15 is 0 Å². The summed E-state index contributed by atoms with van der Waals surface area (Å²) in [7, 11) is -0.534. The van der Waals surface area contributed by atoms with Gasteiger partial charge in [-0.3, -0.25) is 10.1 Å². The monoisotopic (exact) mass is 199 g/mol. The lowest BCUT2D eigenvalue weighted by molar-refractivity contribution is -0.445. The molecule has 0 atom stereocenters. The fraction of sp³-hybridized carbons (Fsp3) is 0.250. The Morgan fingerprint density at radius 3 is 2.21 bits per heavy atom. The molecule has 0 aromatic carbocycles. The Morgan fingerprint density at radius 2 is 2.00 bits per heavy atom. The van der Waals surface area contributed by atoms with Crippen LogP contribution in [0.3, 0.4) is 0 Å². The molecule has 0 spiro atoms. The van der Waals surface area contributed by atoms with Gasteiger partial charge in [0.2, 0.25) is 0 Å². The highest BCUT2D eigenvalue weighted by molar-refractivity contribution is 6.51. The lowest BCUT2D eigenvalue weighted by Crippen LogP contribution is -2.13. The molecule has 0 saturated heterocycles. The van der Waals surface area contributed by atoms with Crippen LogP contribution in [-0.2, 0) is 0 Å². The van der Waals surface area contributed by atoms with Crippen molar-refractivity contribution in [2.75, 3.05) is 7.05 Å². The summed E-state index contributed by atoms with van der Waals surface area (Å²) in [6, 6.07) is 0. The minimum Gasteiger partial charge on any atom is -0.423 e. The maximum atomic E-state index is 8.81. The van der Waals surface area contributed by atoms with E-state index in [1.165, 1.54) is 6.08 Å². The van der Waals surface area contributed by atoms with Crippen molar-refractivity contribution < 1.29 is 15.0 Å². The van der Waals surface area contributed by atoms with E-state index in [9.17, 15) is 0 Å². The fourth-order valence-corrected chi connectivity index (χ4v) is 0.467. The van der Waals surface area contributed by atoms with E-state index in [1.54, 1.807) is 18.2 Å². The van der Waals surface area contributed by atoms with Crippen LogP contribution in [0.25, 0.3) is 0 Å². The van der Waals surface area contributed by atoms with Gasteiger partial charge in [-0.2, -0.15) is 0 Å². The van der Waals surface area contributed by atoms with Gasteiger partial charge in [-0.1, -0.05) is 30.9 Å². The molecule has 0 aromatic heterocycles. The highest BCUT2D eigenvalue weighted by atomic mass is 16.6. The summed E-state index contributed by atoms with van der Waals surface area (Å²) in [6.45, 7) is 5.26. The van der Waals surface area contributed by atoms with E-state index in [1.807, 2.05) is 6.92 Å². The zero-order valence-electron chi connectivity index (χ0n) is 8.25. The quantitative estimate of drug-likeness (QED) is 0.301. The Kier molecular flexibility index (Phi) is 10.4. The van der Waals surface area contributed by atoms with E-state index < -0.39 is 12.0 Å². The topological polar surface area (TPSA) is 83.6 Å². The van der Waals surface area contributed by atoms with Crippen LogP contribution in [-0.4, -0.2) is 29.1 Å². The van der Waals surface area contributed by atoms with Crippen molar-refractivity contribution in [1.82, 2.24) is 0 Å². The molecular formula is C8H14BNO4. The maximum Gasteiger partial charge on any atom is 0.488 e. The lowest BCUT2D eigenvalue weighted by Gasteiger charge is -1.94. The van der Waals surface area contributed by atoms with Crippen molar-refractivity contribution in [3.63, 3.8) is 0 Å². The standard InChI is InChI=1S/C7H11BO2.CH3NO2/c1-3-5-6-7(4-2)8(9)10;1-2(3)4/h3-6,9-10H,2H2,1H3;1H3/b5-3-,7-6+;. The molecule has 0 aromatic rings. The second-order valence-corrected chi connectivity index (χ2v) is 2.21. The predicted molar refractivity (Wildman–Crippen MR) is 56.2 cm³/mol. The molecule has 0 amide bonds. The van der Waals surface area contributed by atoms with E-state index in [2.05, 4.69) is 6.58 Å². The number of allylic oxidation sites excluding steroid dienone is 5. The third-order valence-corrected chi connectivity index (χ3v) is 1.01. The van der Waals surface area contributed by atoms with Crippen molar-refractivity contribution in [2.24, 2.45) is 0 Å². The van der Waals surface area contributed by atoms with Gasteiger partial charge in [0.1, 0.15) is 0 Å². The highest BCUT2D eigenvalue weighted by Gasteiger charge is 2.08. The molecule has 0 rings (SSSR count). The zero-order chi connectivity index (χ0) is 11.6. The Bertz CT molecular complexity index is 231. The molecule has 0 unspecified atom stereocenters. The molecule has 78 valence electrons. The largest absolute Gasteiger partial charge is 0.488 e. The normalized spacial score (nSPS) is 10.4. The molecular weight excluding hydrogens is 185 g/mol. The fourth-order valence-electron chi connectivity index (χ4n) is 0.467. The van der Waals surface area contributed by atoms with Crippen molar-refractivity contribution in [3.05, 3.63) is 46.5 Å². The number of nitrogens with zero attached hydrogens (tertiary/aromatic N) is 1. The minimum atomic E-state index is -1.42. The van der Waals surface area contributed by atoms with Gasteiger partial charge in [-0.15, -0.1) is 0 Å². The second-order valence-electron chi connectivity index (χ2n) is 2.21. The molecule has 0 aliphatic rings. The van der Waals surface area contributed by atoms with Crippen molar-refractivity contribution in [1.29, 1.82) is 0 Å². The Balaban J connectivity index is 0. The number of nitro groups is 1. The summed E-state index contributed by atoms with van der Waals surface area (Å²) < 4.78 is 0. The molecule has 0 saturated carbocycles. The van der Waals surface area contributed by atoms with Gasteiger partial charge in [-0.05, 0) is 12.4 Å².